The first-order valence-corrected chi connectivity index (χ1v) is 6.41. The van der Waals surface area contributed by atoms with Crippen LogP contribution in [0.15, 0.2) is 24.4 Å². The van der Waals surface area contributed by atoms with E-state index in [0.717, 1.165) is 23.3 Å². The second-order valence-electron chi connectivity index (χ2n) is 4.77. The largest absolute Gasteiger partial charge is 0.496 e. The van der Waals surface area contributed by atoms with Crippen molar-refractivity contribution in [2.75, 3.05) is 7.11 Å². The number of benzene rings is 1. The minimum atomic E-state index is -0.864. The van der Waals surface area contributed by atoms with Gasteiger partial charge in [0, 0.05) is 23.4 Å². The summed E-state index contributed by atoms with van der Waals surface area (Å²) >= 11 is 0. The summed E-state index contributed by atoms with van der Waals surface area (Å²) in [6.07, 6.45) is 1.54. The molecule has 0 radical (unpaired) electrons. The van der Waals surface area contributed by atoms with E-state index in [1.165, 1.54) is 0 Å². The number of ether oxygens (including phenoxy) is 1. The van der Waals surface area contributed by atoms with Gasteiger partial charge in [0.1, 0.15) is 17.4 Å². The standard InChI is InChI=1S/C16H15F2NO2/c1-9-8-19-14(10(2)16(9)21-3)7-15(20)12-5-4-11(17)6-13(12)18/h4-6,8H,7H2,1-3H3. The Morgan fingerprint density at radius 2 is 2.00 bits per heavy atom. The van der Waals surface area contributed by atoms with Crippen LogP contribution in [-0.4, -0.2) is 17.9 Å². The highest BCUT2D eigenvalue weighted by atomic mass is 19.1. The molecule has 0 aliphatic rings. The second kappa shape index (κ2) is 5.99. The van der Waals surface area contributed by atoms with Crippen molar-refractivity contribution >= 4 is 5.78 Å². The highest BCUT2D eigenvalue weighted by Gasteiger charge is 2.17. The number of Topliss-reactive ketones (excluding diaryl/α,β-unsaturated/α-hetero) is 1. The van der Waals surface area contributed by atoms with Gasteiger partial charge in [-0.2, -0.15) is 0 Å². The van der Waals surface area contributed by atoms with E-state index in [1.807, 2.05) is 6.92 Å². The maximum atomic E-state index is 13.6. The van der Waals surface area contributed by atoms with Crippen molar-refractivity contribution in [1.82, 2.24) is 4.98 Å². The SMILES string of the molecule is COc1c(C)cnc(CC(=O)c2ccc(F)cc2F)c1C. The van der Waals surface area contributed by atoms with Crippen molar-refractivity contribution in [3.8, 4) is 5.75 Å². The summed E-state index contributed by atoms with van der Waals surface area (Å²) < 4.78 is 31.7. The van der Waals surface area contributed by atoms with Crippen LogP contribution >= 0.6 is 0 Å². The predicted molar refractivity (Wildman–Crippen MR) is 74.7 cm³/mol. The fourth-order valence-corrected chi connectivity index (χ4v) is 2.21. The number of nitrogens with zero attached hydrogens (tertiary/aromatic N) is 1. The van der Waals surface area contributed by atoms with Crippen molar-refractivity contribution < 1.29 is 18.3 Å². The minimum absolute atomic E-state index is 0.0645. The number of methoxy groups -OCH3 is 1. The molecule has 0 aliphatic heterocycles. The van der Waals surface area contributed by atoms with E-state index in [9.17, 15) is 13.6 Å². The van der Waals surface area contributed by atoms with E-state index in [-0.39, 0.29) is 12.0 Å². The van der Waals surface area contributed by atoms with Crippen molar-refractivity contribution in [3.05, 3.63) is 58.4 Å². The molecule has 0 fully saturated rings. The Bertz CT molecular complexity index is 699. The van der Waals surface area contributed by atoms with E-state index in [1.54, 1.807) is 20.2 Å². The number of ketones is 1. The number of pyridine rings is 1. The Morgan fingerprint density at radius 3 is 2.62 bits per heavy atom. The van der Waals surface area contributed by atoms with E-state index < -0.39 is 17.4 Å². The smallest absolute Gasteiger partial charge is 0.171 e. The van der Waals surface area contributed by atoms with Crippen LogP contribution in [0.3, 0.4) is 0 Å². The van der Waals surface area contributed by atoms with E-state index in [2.05, 4.69) is 4.98 Å². The Balaban J connectivity index is 2.32. The third-order valence-electron chi connectivity index (χ3n) is 3.31. The summed E-state index contributed by atoms with van der Waals surface area (Å²) in [4.78, 5) is 16.3. The molecule has 1 aromatic heterocycles. The van der Waals surface area contributed by atoms with Crippen molar-refractivity contribution in [2.45, 2.75) is 20.3 Å². The topological polar surface area (TPSA) is 39.2 Å². The van der Waals surface area contributed by atoms with Gasteiger partial charge >= 0.3 is 0 Å². The van der Waals surface area contributed by atoms with Crippen LogP contribution < -0.4 is 4.74 Å². The monoisotopic (exact) mass is 291 g/mol. The third kappa shape index (κ3) is 3.07. The summed E-state index contributed by atoms with van der Waals surface area (Å²) in [5.41, 5.74) is 1.98. The van der Waals surface area contributed by atoms with Gasteiger partial charge in [0.2, 0.25) is 0 Å². The molecule has 0 amide bonds. The van der Waals surface area contributed by atoms with Crippen LogP contribution in [0.2, 0.25) is 0 Å². The number of hydrogen-bond acceptors (Lipinski definition) is 3. The first-order chi connectivity index (χ1) is 9.93. The molecule has 2 aromatic rings. The molecule has 0 N–H and O–H groups in total. The lowest BCUT2D eigenvalue weighted by atomic mass is 10.0. The van der Waals surface area contributed by atoms with Crippen LogP contribution in [-0.2, 0) is 6.42 Å². The van der Waals surface area contributed by atoms with Crippen LogP contribution in [0.1, 0.15) is 27.2 Å². The van der Waals surface area contributed by atoms with E-state index in [0.29, 0.717) is 17.5 Å². The van der Waals surface area contributed by atoms with Gasteiger partial charge in [-0.15, -0.1) is 0 Å². The summed E-state index contributed by atoms with van der Waals surface area (Å²) in [6, 6.07) is 2.91. The van der Waals surface area contributed by atoms with Crippen LogP contribution in [0, 0.1) is 25.5 Å². The zero-order chi connectivity index (χ0) is 15.6. The number of halogens is 2. The number of carbonyl (C=O) groups excluding carboxylic acids is 1. The van der Waals surface area contributed by atoms with E-state index in [4.69, 9.17) is 4.74 Å². The molecule has 0 saturated carbocycles. The molecule has 3 nitrogen and oxygen atoms in total. The summed E-state index contributed by atoms with van der Waals surface area (Å²) in [6.45, 7) is 3.65. The van der Waals surface area contributed by atoms with Crippen LogP contribution in [0.4, 0.5) is 8.78 Å². The van der Waals surface area contributed by atoms with Gasteiger partial charge in [-0.05, 0) is 26.0 Å². The molecule has 5 heteroatoms. The third-order valence-corrected chi connectivity index (χ3v) is 3.31. The van der Waals surface area contributed by atoms with Crippen LogP contribution in [0.25, 0.3) is 0 Å². The predicted octanol–water partition coefficient (Wildman–Crippen LogP) is 3.41. The molecule has 0 bridgehead atoms. The molecule has 0 saturated heterocycles. The molecule has 110 valence electrons. The Hall–Kier alpha value is -2.30. The Morgan fingerprint density at radius 1 is 1.29 bits per heavy atom. The average Bonchev–Trinajstić information content (AvgIpc) is 2.42. The number of aromatic nitrogens is 1. The van der Waals surface area contributed by atoms with Gasteiger partial charge in [0.25, 0.3) is 0 Å². The van der Waals surface area contributed by atoms with Gasteiger partial charge in [0.05, 0.1) is 24.8 Å². The second-order valence-corrected chi connectivity index (χ2v) is 4.77. The molecular weight excluding hydrogens is 276 g/mol. The molecular formula is C16H15F2NO2. The summed E-state index contributed by atoms with van der Waals surface area (Å²) in [5, 5.41) is 0. The highest BCUT2D eigenvalue weighted by Crippen LogP contribution is 2.25. The Labute approximate surface area is 121 Å². The molecule has 1 aromatic carbocycles. The average molecular weight is 291 g/mol. The quantitative estimate of drug-likeness (QED) is 0.810. The Kier molecular flexibility index (Phi) is 4.31. The molecule has 21 heavy (non-hydrogen) atoms. The molecule has 1 heterocycles. The number of hydrogen-bond donors (Lipinski definition) is 0. The lowest BCUT2D eigenvalue weighted by molar-refractivity contribution is 0.0987. The first kappa shape index (κ1) is 15.1. The fraction of sp³-hybridized carbons (Fsp3) is 0.250. The number of carbonyl (C=O) groups is 1. The lowest BCUT2D eigenvalue weighted by Crippen LogP contribution is -2.10. The number of aryl methyl sites for hydroxylation is 1. The van der Waals surface area contributed by atoms with Gasteiger partial charge in [-0.25, -0.2) is 8.78 Å². The van der Waals surface area contributed by atoms with Crippen molar-refractivity contribution in [1.29, 1.82) is 0 Å². The zero-order valence-corrected chi connectivity index (χ0v) is 12.0. The fourth-order valence-electron chi connectivity index (χ4n) is 2.21. The lowest BCUT2D eigenvalue weighted by Gasteiger charge is -2.12. The van der Waals surface area contributed by atoms with Gasteiger partial charge in [-0.3, -0.25) is 9.78 Å². The van der Waals surface area contributed by atoms with E-state index >= 15 is 0 Å². The molecule has 0 unspecified atom stereocenters. The highest BCUT2D eigenvalue weighted by molar-refractivity contribution is 5.97. The molecule has 0 spiro atoms. The summed E-state index contributed by atoms with van der Waals surface area (Å²) in [5.74, 6) is -1.37. The van der Waals surface area contributed by atoms with Crippen molar-refractivity contribution in [2.24, 2.45) is 0 Å². The normalized spacial score (nSPS) is 10.5. The minimum Gasteiger partial charge on any atom is -0.496 e. The zero-order valence-electron chi connectivity index (χ0n) is 12.0. The maximum Gasteiger partial charge on any atom is 0.171 e. The molecule has 0 atom stereocenters. The first-order valence-electron chi connectivity index (χ1n) is 6.41. The van der Waals surface area contributed by atoms with Crippen LogP contribution in [0.5, 0.6) is 5.75 Å². The van der Waals surface area contributed by atoms with Gasteiger partial charge in [-0.1, -0.05) is 0 Å². The molecule has 2 rings (SSSR count). The van der Waals surface area contributed by atoms with Gasteiger partial charge in [0.15, 0.2) is 5.78 Å². The van der Waals surface area contributed by atoms with Gasteiger partial charge < -0.3 is 4.74 Å². The number of rotatable bonds is 4. The van der Waals surface area contributed by atoms with Crippen molar-refractivity contribution in [3.63, 3.8) is 0 Å². The summed E-state index contributed by atoms with van der Waals surface area (Å²) in [7, 11) is 1.54. The maximum absolute atomic E-state index is 13.6. The molecule has 0 aliphatic carbocycles.